The molecule has 2 rings (SSSR count). The molecule has 0 radical (unpaired) electrons. The summed E-state index contributed by atoms with van der Waals surface area (Å²) in [6, 6.07) is 8.24. The van der Waals surface area contributed by atoms with Crippen molar-refractivity contribution in [2.75, 3.05) is 0 Å². The van der Waals surface area contributed by atoms with Gasteiger partial charge in [0.1, 0.15) is 5.15 Å². The van der Waals surface area contributed by atoms with Gasteiger partial charge in [-0.25, -0.2) is 9.78 Å². The van der Waals surface area contributed by atoms with Gasteiger partial charge in [0.05, 0.1) is 5.02 Å². The average Bonchev–Trinajstić information content (AvgIpc) is 2.51. The predicted octanol–water partition coefficient (Wildman–Crippen LogP) is 4.43. The van der Waals surface area contributed by atoms with E-state index in [4.69, 9.17) is 27.9 Å². The minimum atomic E-state index is -0.957. The lowest BCUT2D eigenvalue weighted by molar-refractivity contribution is 0.0313. The standard InChI is InChI=1S/C17H15Cl2NO3/c1-9-4-5-12(8-10(9)2)16(21)11(3)23-17(22)15-13(18)6-7-14(19)20-15/h4-8,11H,1-3H3/t11-/m1/s1. The second-order valence-electron chi connectivity index (χ2n) is 5.18. The zero-order valence-electron chi connectivity index (χ0n) is 12.9. The lowest BCUT2D eigenvalue weighted by Gasteiger charge is -2.13. The molecule has 0 spiro atoms. The van der Waals surface area contributed by atoms with Crippen molar-refractivity contribution in [2.45, 2.75) is 26.9 Å². The molecule has 2 aromatic rings. The van der Waals surface area contributed by atoms with Gasteiger partial charge in [0, 0.05) is 5.56 Å². The first-order valence-electron chi connectivity index (χ1n) is 6.94. The molecular formula is C17H15Cl2NO3. The Balaban J connectivity index is 2.15. The van der Waals surface area contributed by atoms with Crippen molar-refractivity contribution in [3.63, 3.8) is 0 Å². The van der Waals surface area contributed by atoms with Crippen LogP contribution in [0.15, 0.2) is 30.3 Å². The zero-order chi connectivity index (χ0) is 17.1. The number of halogens is 2. The Morgan fingerprint density at radius 2 is 1.78 bits per heavy atom. The number of ketones is 1. The fourth-order valence-corrected chi connectivity index (χ4v) is 2.29. The fraction of sp³-hybridized carbons (Fsp3) is 0.235. The van der Waals surface area contributed by atoms with Gasteiger partial charge in [0.2, 0.25) is 5.78 Å². The van der Waals surface area contributed by atoms with Crippen LogP contribution in [0.25, 0.3) is 0 Å². The number of esters is 1. The monoisotopic (exact) mass is 351 g/mol. The van der Waals surface area contributed by atoms with Crippen molar-refractivity contribution in [1.82, 2.24) is 4.98 Å². The van der Waals surface area contributed by atoms with Crippen molar-refractivity contribution in [2.24, 2.45) is 0 Å². The first-order valence-corrected chi connectivity index (χ1v) is 7.69. The van der Waals surface area contributed by atoms with E-state index in [2.05, 4.69) is 4.98 Å². The lowest BCUT2D eigenvalue weighted by atomic mass is 10.0. The second-order valence-corrected chi connectivity index (χ2v) is 5.97. The van der Waals surface area contributed by atoms with Gasteiger partial charge in [0.15, 0.2) is 11.8 Å². The third-order valence-corrected chi connectivity index (χ3v) is 3.97. The van der Waals surface area contributed by atoms with Crippen molar-refractivity contribution < 1.29 is 14.3 Å². The molecule has 0 unspecified atom stereocenters. The highest BCUT2D eigenvalue weighted by molar-refractivity contribution is 6.34. The molecule has 23 heavy (non-hydrogen) atoms. The van der Waals surface area contributed by atoms with Crippen LogP contribution in [0.3, 0.4) is 0 Å². The molecule has 0 fully saturated rings. The minimum Gasteiger partial charge on any atom is -0.449 e. The first kappa shape index (κ1) is 17.4. The SMILES string of the molecule is Cc1ccc(C(=O)[C@@H](C)OC(=O)c2nc(Cl)ccc2Cl)cc1C. The van der Waals surface area contributed by atoms with E-state index in [1.807, 2.05) is 19.9 Å². The number of aromatic nitrogens is 1. The molecule has 0 N–H and O–H groups in total. The number of hydrogen-bond donors (Lipinski definition) is 0. The van der Waals surface area contributed by atoms with Crippen LogP contribution in [0, 0.1) is 13.8 Å². The summed E-state index contributed by atoms with van der Waals surface area (Å²) in [5.41, 5.74) is 2.45. The number of aryl methyl sites for hydroxylation is 2. The van der Waals surface area contributed by atoms with Crippen LogP contribution in [0.4, 0.5) is 0 Å². The Kier molecular flexibility index (Phi) is 5.39. The van der Waals surface area contributed by atoms with Crippen LogP contribution < -0.4 is 0 Å². The predicted molar refractivity (Wildman–Crippen MR) is 89.4 cm³/mol. The molecule has 1 aromatic carbocycles. The van der Waals surface area contributed by atoms with E-state index in [0.29, 0.717) is 5.56 Å². The van der Waals surface area contributed by atoms with Crippen molar-refractivity contribution >= 4 is 35.0 Å². The second kappa shape index (κ2) is 7.11. The van der Waals surface area contributed by atoms with Gasteiger partial charge in [-0.2, -0.15) is 0 Å². The van der Waals surface area contributed by atoms with E-state index in [0.717, 1.165) is 11.1 Å². The number of hydrogen-bond acceptors (Lipinski definition) is 4. The molecular weight excluding hydrogens is 337 g/mol. The molecule has 120 valence electrons. The largest absolute Gasteiger partial charge is 0.449 e. The molecule has 0 aliphatic heterocycles. The number of rotatable bonds is 4. The fourth-order valence-electron chi connectivity index (χ4n) is 1.96. The smallest absolute Gasteiger partial charge is 0.359 e. The highest BCUT2D eigenvalue weighted by Gasteiger charge is 2.23. The van der Waals surface area contributed by atoms with E-state index < -0.39 is 12.1 Å². The maximum atomic E-state index is 12.4. The molecule has 6 heteroatoms. The van der Waals surface area contributed by atoms with Crippen LogP contribution in [-0.2, 0) is 4.74 Å². The summed E-state index contributed by atoms with van der Waals surface area (Å²) in [5, 5.41) is 0.236. The Bertz CT molecular complexity index is 774. The Morgan fingerprint density at radius 3 is 2.43 bits per heavy atom. The van der Waals surface area contributed by atoms with Crippen LogP contribution in [0.2, 0.25) is 10.2 Å². The maximum absolute atomic E-state index is 12.4. The number of nitrogens with zero attached hydrogens (tertiary/aromatic N) is 1. The van der Waals surface area contributed by atoms with Crippen molar-refractivity contribution in [1.29, 1.82) is 0 Å². The lowest BCUT2D eigenvalue weighted by Crippen LogP contribution is -2.25. The van der Waals surface area contributed by atoms with Crippen LogP contribution in [-0.4, -0.2) is 22.8 Å². The van der Waals surface area contributed by atoms with E-state index in [9.17, 15) is 9.59 Å². The number of carbonyl (C=O) groups is 2. The summed E-state index contributed by atoms with van der Waals surface area (Å²) in [4.78, 5) is 28.3. The van der Waals surface area contributed by atoms with E-state index >= 15 is 0 Å². The molecule has 0 aliphatic rings. The zero-order valence-corrected chi connectivity index (χ0v) is 14.4. The summed E-state index contributed by atoms with van der Waals surface area (Å²) in [7, 11) is 0. The Morgan fingerprint density at radius 1 is 1.09 bits per heavy atom. The number of benzene rings is 1. The van der Waals surface area contributed by atoms with Gasteiger partial charge in [-0.3, -0.25) is 4.79 Å². The maximum Gasteiger partial charge on any atom is 0.359 e. The van der Waals surface area contributed by atoms with Crippen molar-refractivity contribution in [3.8, 4) is 0 Å². The Labute approximate surface area is 144 Å². The third kappa shape index (κ3) is 4.09. The molecule has 0 amide bonds. The summed E-state index contributed by atoms with van der Waals surface area (Å²) < 4.78 is 5.16. The number of carbonyl (C=O) groups excluding carboxylic acids is 2. The highest BCUT2D eigenvalue weighted by atomic mass is 35.5. The van der Waals surface area contributed by atoms with Crippen LogP contribution in [0.1, 0.15) is 38.9 Å². The summed E-state index contributed by atoms with van der Waals surface area (Å²) in [6.07, 6.45) is -0.957. The average molecular weight is 352 g/mol. The van der Waals surface area contributed by atoms with Gasteiger partial charge < -0.3 is 4.74 Å². The molecule has 0 bridgehead atoms. The number of pyridine rings is 1. The van der Waals surface area contributed by atoms with Crippen molar-refractivity contribution in [3.05, 3.63) is 62.9 Å². The molecule has 0 saturated carbocycles. The molecule has 1 atom stereocenters. The molecule has 0 saturated heterocycles. The number of ether oxygens (including phenoxy) is 1. The van der Waals surface area contributed by atoms with Gasteiger partial charge in [0.25, 0.3) is 0 Å². The number of Topliss-reactive ketones (excluding diaryl/α,β-unsaturated/α-hetero) is 1. The molecule has 1 heterocycles. The van der Waals surface area contributed by atoms with E-state index in [1.165, 1.54) is 19.1 Å². The topological polar surface area (TPSA) is 56.3 Å². The normalized spacial score (nSPS) is 11.9. The van der Waals surface area contributed by atoms with Crippen LogP contribution in [0.5, 0.6) is 0 Å². The third-order valence-electron chi connectivity index (χ3n) is 3.45. The quantitative estimate of drug-likeness (QED) is 0.464. The molecule has 0 aliphatic carbocycles. The molecule has 4 nitrogen and oxygen atoms in total. The Hall–Kier alpha value is -1.91. The minimum absolute atomic E-state index is 0.112. The molecule has 1 aromatic heterocycles. The van der Waals surface area contributed by atoms with Gasteiger partial charge in [-0.1, -0.05) is 35.3 Å². The van der Waals surface area contributed by atoms with Gasteiger partial charge in [-0.15, -0.1) is 0 Å². The summed E-state index contributed by atoms with van der Waals surface area (Å²) in [5.74, 6) is -1.08. The van der Waals surface area contributed by atoms with E-state index in [1.54, 1.807) is 12.1 Å². The first-order chi connectivity index (χ1) is 10.8. The van der Waals surface area contributed by atoms with Gasteiger partial charge in [-0.05, 0) is 50.1 Å². The summed E-state index contributed by atoms with van der Waals surface area (Å²) >= 11 is 11.6. The highest BCUT2D eigenvalue weighted by Crippen LogP contribution is 2.19. The van der Waals surface area contributed by atoms with Crippen LogP contribution >= 0.6 is 23.2 Å². The van der Waals surface area contributed by atoms with E-state index in [-0.39, 0.29) is 21.7 Å². The van der Waals surface area contributed by atoms with Gasteiger partial charge >= 0.3 is 5.97 Å². The summed E-state index contributed by atoms with van der Waals surface area (Å²) in [6.45, 7) is 5.38.